The van der Waals surface area contributed by atoms with Crippen molar-refractivity contribution in [3.63, 3.8) is 0 Å². The number of aromatic nitrogens is 4. The summed E-state index contributed by atoms with van der Waals surface area (Å²) in [6.07, 6.45) is 9.34. The summed E-state index contributed by atoms with van der Waals surface area (Å²) < 4.78 is 1.83. The summed E-state index contributed by atoms with van der Waals surface area (Å²) >= 11 is 0. The van der Waals surface area contributed by atoms with Gasteiger partial charge in [-0.2, -0.15) is 9.61 Å². The average Bonchev–Trinajstić information content (AvgIpc) is 3.01. The zero-order valence-electron chi connectivity index (χ0n) is 14.9. The van der Waals surface area contributed by atoms with Crippen molar-refractivity contribution in [2.75, 3.05) is 38.1 Å². The molecule has 0 bridgehead atoms. The van der Waals surface area contributed by atoms with E-state index in [1.54, 1.807) is 6.33 Å². The van der Waals surface area contributed by atoms with Crippen LogP contribution in [0.15, 0.2) is 12.4 Å². The van der Waals surface area contributed by atoms with Gasteiger partial charge in [0.25, 0.3) is 0 Å². The molecule has 2 aliphatic rings. The monoisotopic (exact) mass is 328 g/mol. The molecule has 6 heteroatoms. The molecule has 4 heterocycles. The summed E-state index contributed by atoms with van der Waals surface area (Å²) in [4.78, 5) is 5.00. The standard InChI is InChI=1S/C18H28N6/c1-3-15-13-16(17-20-19-14-24(17)21-15)23-11-7-18(8-12-23)5-4-9-22(2)10-6-18/h13-14H,3-12H2,1-2H3. The lowest BCUT2D eigenvalue weighted by Crippen LogP contribution is -2.41. The van der Waals surface area contributed by atoms with Gasteiger partial charge in [0.2, 0.25) is 5.65 Å². The molecule has 130 valence electrons. The Hall–Kier alpha value is -1.69. The Morgan fingerprint density at radius 1 is 1.08 bits per heavy atom. The van der Waals surface area contributed by atoms with Crippen molar-refractivity contribution in [2.45, 2.75) is 45.4 Å². The number of hydrogen-bond donors (Lipinski definition) is 0. The minimum Gasteiger partial charge on any atom is -0.368 e. The molecule has 0 unspecified atom stereocenters. The molecular weight excluding hydrogens is 300 g/mol. The molecule has 0 atom stereocenters. The second-order valence-electron chi connectivity index (χ2n) is 7.62. The van der Waals surface area contributed by atoms with E-state index in [1.807, 2.05) is 4.52 Å². The molecule has 0 aromatic carbocycles. The first kappa shape index (κ1) is 15.8. The van der Waals surface area contributed by atoms with E-state index in [-0.39, 0.29) is 0 Å². The Bertz CT molecular complexity index is 701. The molecule has 0 radical (unpaired) electrons. The molecule has 24 heavy (non-hydrogen) atoms. The lowest BCUT2D eigenvalue weighted by Gasteiger charge is -2.42. The number of anilines is 1. The third-order valence-electron chi connectivity index (χ3n) is 6.10. The number of fused-ring (bicyclic) bond motifs is 1. The number of rotatable bonds is 2. The summed E-state index contributed by atoms with van der Waals surface area (Å²) in [5.41, 5.74) is 3.77. The Morgan fingerprint density at radius 3 is 2.67 bits per heavy atom. The van der Waals surface area contributed by atoms with Crippen molar-refractivity contribution in [3.05, 3.63) is 18.1 Å². The third kappa shape index (κ3) is 2.88. The number of aryl methyl sites for hydroxylation is 1. The van der Waals surface area contributed by atoms with Gasteiger partial charge in [-0.15, -0.1) is 10.2 Å². The highest BCUT2D eigenvalue weighted by molar-refractivity contribution is 5.68. The summed E-state index contributed by atoms with van der Waals surface area (Å²) in [7, 11) is 2.26. The SMILES string of the molecule is CCc1cc(N2CCC3(CCCN(C)CC3)CC2)c2nncn2n1. The van der Waals surface area contributed by atoms with Crippen molar-refractivity contribution >= 4 is 11.3 Å². The van der Waals surface area contributed by atoms with E-state index in [0.717, 1.165) is 30.9 Å². The van der Waals surface area contributed by atoms with Crippen LogP contribution in [0.1, 0.15) is 44.7 Å². The molecule has 2 aliphatic heterocycles. The van der Waals surface area contributed by atoms with Crippen LogP contribution in [0.5, 0.6) is 0 Å². The van der Waals surface area contributed by atoms with Crippen LogP contribution in [0.2, 0.25) is 0 Å². The first-order chi connectivity index (χ1) is 11.7. The van der Waals surface area contributed by atoms with Gasteiger partial charge in [-0.05, 0) is 70.1 Å². The van der Waals surface area contributed by atoms with E-state index < -0.39 is 0 Å². The van der Waals surface area contributed by atoms with Crippen LogP contribution >= 0.6 is 0 Å². The largest absolute Gasteiger partial charge is 0.368 e. The Labute approximate surface area is 143 Å². The molecule has 6 nitrogen and oxygen atoms in total. The fourth-order valence-electron chi connectivity index (χ4n) is 4.38. The molecular formula is C18H28N6. The molecule has 0 saturated carbocycles. The average molecular weight is 328 g/mol. The lowest BCUT2D eigenvalue weighted by atomic mass is 9.73. The maximum Gasteiger partial charge on any atom is 0.200 e. The molecule has 2 aromatic heterocycles. The van der Waals surface area contributed by atoms with Crippen LogP contribution < -0.4 is 4.90 Å². The Kier molecular flexibility index (Phi) is 4.16. The highest BCUT2D eigenvalue weighted by Gasteiger charge is 2.36. The van der Waals surface area contributed by atoms with Crippen molar-refractivity contribution < 1.29 is 0 Å². The lowest BCUT2D eigenvalue weighted by molar-refractivity contribution is 0.184. The maximum absolute atomic E-state index is 4.57. The van der Waals surface area contributed by atoms with Gasteiger partial charge in [0, 0.05) is 13.1 Å². The summed E-state index contributed by atoms with van der Waals surface area (Å²) in [5.74, 6) is 0. The predicted molar refractivity (Wildman–Crippen MR) is 95.4 cm³/mol. The molecule has 2 aromatic rings. The smallest absolute Gasteiger partial charge is 0.200 e. The van der Waals surface area contributed by atoms with Gasteiger partial charge in [0.15, 0.2) is 0 Å². The zero-order valence-corrected chi connectivity index (χ0v) is 14.9. The number of hydrogen-bond acceptors (Lipinski definition) is 5. The van der Waals surface area contributed by atoms with Crippen molar-refractivity contribution in [1.29, 1.82) is 0 Å². The number of nitrogens with zero attached hydrogens (tertiary/aromatic N) is 6. The first-order valence-electron chi connectivity index (χ1n) is 9.33. The van der Waals surface area contributed by atoms with Crippen LogP contribution in [0.4, 0.5) is 5.69 Å². The van der Waals surface area contributed by atoms with E-state index >= 15 is 0 Å². The van der Waals surface area contributed by atoms with Crippen LogP contribution in [0, 0.1) is 5.41 Å². The second-order valence-corrected chi connectivity index (χ2v) is 7.62. The van der Waals surface area contributed by atoms with Gasteiger partial charge >= 0.3 is 0 Å². The van der Waals surface area contributed by atoms with E-state index in [9.17, 15) is 0 Å². The molecule has 0 aliphatic carbocycles. The van der Waals surface area contributed by atoms with E-state index in [4.69, 9.17) is 0 Å². The van der Waals surface area contributed by atoms with Crippen molar-refractivity contribution in [2.24, 2.45) is 5.41 Å². The summed E-state index contributed by atoms with van der Waals surface area (Å²) in [5, 5.41) is 12.9. The third-order valence-corrected chi connectivity index (χ3v) is 6.10. The van der Waals surface area contributed by atoms with Gasteiger partial charge < -0.3 is 9.80 Å². The minimum absolute atomic E-state index is 0.561. The maximum atomic E-state index is 4.57. The summed E-state index contributed by atoms with van der Waals surface area (Å²) in [6, 6.07) is 2.21. The molecule has 2 saturated heterocycles. The fourth-order valence-corrected chi connectivity index (χ4v) is 4.38. The minimum atomic E-state index is 0.561. The van der Waals surface area contributed by atoms with E-state index in [0.29, 0.717) is 5.41 Å². The molecule has 1 spiro atoms. The van der Waals surface area contributed by atoms with Crippen molar-refractivity contribution in [1.82, 2.24) is 24.7 Å². The predicted octanol–water partition coefficient (Wildman–Crippen LogP) is 2.39. The molecule has 2 fully saturated rings. The van der Waals surface area contributed by atoms with Crippen LogP contribution in [-0.4, -0.2) is 57.9 Å². The van der Waals surface area contributed by atoms with Crippen molar-refractivity contribution in [3.8, 4) is 0 Å². The fraction of sp³-hybridized carbons (Fsp3) is 0.722. The van der Waals surface area contributed by atoms with Crippen LogP contribution in [-0.2, 0) is 6.42 Å². The highest BCUT2D eigenvalue weighted by Crippen LogP contribution is 2.42. The van der Waals surface area contributed by atoms with Crippen LogP contribution in [0.3, 0.4) is 0 Å². The quantitative estimate of drug-likeness (QED) is 0.847. The van der Waals surface area contributed by atoms with E-state index in [1.165, 1.54) is 50.9 Å². The topological polar surface area (TPSA) is 49.6 Å². The Balaban J connectivity index is 1.54. The number of piperidine rings is 1. The van der Waals surface area contributed by atoms with Gasteiger partial charge in [-0.1, -0.05) is 6.92 Å². The van der Waals surface area contributed by atoms with Crippen LogP contribution in [0.25, 0.3) is 5.65 Å². The molecule has 4 rings (SSSR count). The summed E-state index contributed by atoms with van der Waals surface area (Å²) in [6.45, 7) is 6.91. The van der Waals surface area contributed by atoms with Gasteiger partial charge in [-0.3, -0.25) is 0 Å². The zero-order chi connectivity index (χ0) is 16.6. The highest BCUT2D eigenvalue weighted by atomic mass is 15.4. The van der Waals surface area contributed by atoms with Gasteiger partial charge in [0.1, 0.15) is 6.33 Å². The normalized spacial score (nSPS) is 22.2. The van der Waals surface area contributed by atoms with E-state index in [2.05, 4.69) is 45.1 Å². The molecule has 0 N–H and O–H groups in total. The second kappa shape index (κ2) is 6.31. The first-order valence-corrected chi connectivity index (χ1v) is 9.33. The number of likely N-dealkylation sites (tertiary alicyclic amines) is 1. The molecule has 0 amide bonds. The van der Waals surface area contributed by atoms with Gasteiger partial charge in [-0.25, -0.2) is 0 Å². The van der Waals surface area contributed by atoms with Gasteiger partial charge in [0.05, 0.1) is 11.4 Å². The Morgan fingerprint density at radius 2 is 1.88 bits per heavy atom.